The van der Waals surface area contributed by atoms with Gasteiger partial charge in [-0.15, -0.1) is 0 Å². The monoisotopic (exact) mass is 619 g/mol. The van der Waals surface area contributed by atoms with E-state index in [4.69, 9.17) is 23.9 Å². The van der Waals surface area contributed by atoms with Crippen molar-refractivity contribution in [2.45, 2.75) is 45.8 Å². The summed E-state index contributed by atoms with van der Waals surface area (Å²) in [7, 11) is 3.15. The number of piperidine rings is 1. The van der Waals surface area contributed by atoms with Gasteiger partial charge in [0.1, 0.15) is 18.1 Å². The molecule has 0 aromatic heterocycles. The van der Waals surface area contributed by atoms with Crippen molar-refractivity contribution in [1.82, 2.24) is 9.80 Å². The number of benzene rings is 2. The lowest BCUT2D eigenvalue weighted by Gasteiger charge is -2.37. The van der Waals surface area contributed by atoms with Gasteiger partial charge in [0.15, 0.2) is 5.17 Å². The van der Waals surface area contributed by atoms with Gasteiger partial charge in [-0.2, -0.15) is 0 Å². The summed E-state index contributed by atoms with van der Waals surface area (Å²) in [5.41, 5.74) is 3.09. The third kappa shape index (κ3) is 6.62. The van der Waals surface area contributed by atoms with Crippen LogP contribution >= 0.6 is 11.8 Å². The highest BCUT2D eigenvalue weighted by Crippen LogP contribution is 2.48. The molecule has 0 saturated carbocycles. The van der Waals surface area contributed by atoms with Crippen molar-refractivity contribution in [3.05, 3.63) is 82.0 Å². The maximum absolute atomic E-state index is 13.8. The minimum atomic E-state index is -0.696. The summed E-state index contributed by atoms with van der Waals surface area (Å²) in [5.74, 6) is -0.0872. The Morgan fingerprint density at radius 3 is 2.57 bits per heavy atom. The van der Waals surface area contributed by atoms with Gasteiger partial charge in [0.2, 0.25) is 5.91 Å². The molecular weight excluding hydrogens is 582 g/mol. The van der Waals surface area contributed by atoms with E-state index in [1.807, 2.05) is 46.7 Å². The average molecular weight is 620 g/mol. The number of ether oxygens (including phenoxy) is 4. The highest BCUT2D eigenvalue weighted by atomic mass is 32.2. The van der Waals surface area contributed by atoms with Crippen LogP contribution in [0.3, 0.4) is 0 Å². The van der Waals surface area contributed by atoms with Crippen molar-refractivity contribution < 1.29 is 33.3 Å². The minimum absolute atomic E-state index is 0.0652. The molecule has 2 aromatic rings. The van der Waals surface area contributed by atoms with Gasteiger partial charge in [-0.25, -0.2) is 9.79 Å². The zero-order valence-corrected chi connectivity index (χ0v) is 26.2. The SMILES string of the molecule is CCOC(=O)C1CCCN(C(=O)CC2=CSC3=NC(C)=C(C(=O)OCc4ccccc4)C(c4cc(OC)ccc4OC)N23)C1. The number of amidine groups is 1. The first-order valence-electron chi connectivity index (χ1n) is 14.7. The Bertz CT molecular complexity index is 1500. The molecule has 0 aliphatic carbocycles. The van der Waals surface area contributed by atoms with Crippen LogP contribution in [0, 0.1) is 5.92 Å². The standard InChI is InChI=1S/C33H37N3O7S/c1-5-42-31(38)23-12-9-15-35(18-23)28(37)16-24-20-44-33-34-21(2)29(32(39)43-19-22-10-7-6-8-11-22)30(36(24)33)26-17-25(40-3)13-14-27(26)41-4/h6-8,10-11,13-14,17,20,23,30H,5,9,12,15-16,18-19H2,1-4H3. The van der Waals surface area contributed by atoms with E-state index in [0.29, 0.717) is 65.3 Å². The minimum Gasteiger partial charge on any atom is -0.497 e. The Morgan fingerprint density at radius 1 is 1.05 bits per heavy atom. The lowest BCUT2D eigenvalue weighted by atomic mass is 9.92. The zero-order valence-electron chi connectivity index (χ0n) is 25.4. The number of hydrogen-bond acceptors (Lipinski definition) is 10. The number of thioether (sulfide) groups is 1. The number of carbonyl (C=O) groups is 3. The number of carbonyl (C=O) groups excluding carboxylic acids is 3. The van der Waals surface area contributed by atoms with Crippen molar-refractivity contribution >= 4 is 34.8 Å². The van der Waals surface area contributed by atoms with Crippen LogP contribution in [0.25, 0.3) is 0 Å². The number of methoxy groups -OCH3 is 2. The van der Waals surface area contributed by atoms with Crippen molar-refractivity contribution in [2.75, 3.05) is 33.9 Å². The van der Waals surface area contributed by atoms with Crippen LogP contribution in [0.15, 0.2) is 75.9 Å². The van der Waals surface area contributed by atoms with Gasteiger partial charge in [-0.05, 0) is 55.9 Å². The molecule has 0 spiro atoms. The number of likely N-dealkylation sites (tertiary alicyclic amines) is 1. The number of fused-ring (bicyclic) bond motifs is 1. The van der Waals surface area contributed by atoms with Crippen LogP contribution in [0.1, 0.15) is 50.3 Å². The van der Waals surface area contributed by atoms with E-state index in [2.05, 4.69) is 0 Å². The largest absolute Gasteiger partial charge is 0.497 e. The van der Waals surface area contributed by atoms with E-state index in [1.165, 1.54) is 11.8 Å². The summed E-state index contributed by atoms with van der Waals surface area (Å²) in [5, 5.41) is 2.54. The van der Waals surface area contributed by atoms with Gasteiger partial charge in [0.05, 0.1) is 50.5 Å². The number of nitrogens with zero attached hydrogens (tertiary/aromatic N) is 3. The predicted molar refractivity (Wildman–Crippen MR) is 167 cm³/mol. The normalized spacial score (nSPS) is 19.5. The fraction of sp³-hybridized carbons (Fsp3) is 0.394. The second-order valence-electron chi connectivity index (χ2n) is 10.7. The van der Waals surface area contributed by atoms with E-state index >= 15 is 0 Å². The second-order valence-corrected chi connectivity index (χ2v) is 11.5. The molecule has 3 aliphatic heterocycles. The Kier molecular flexibility index (Phi) is 9.94. The molecule has 0 bridgehead atoms. The lowest BCUT2D eigenvalue weighted by Crippen LogP contribution is -2.44. The molecule has 44 heavy (non-hydrogen) atoms. The van der Waals surface area contributed by atoms with E-state index < -0.39 is 12.0 Å². The Balaban J connectivity index is 1.46. The topological polar surface area (TPSA) is 107 Å². The van der Waals surface area contributed by atoms with Gasteiger partial charge >= 0.3 is 11.9 Å². The maximum atomic E-state index is 13.8. The summed E-state index contributed by atoms with van der Waals surface area (Å²) in [6.45, 7) is 4.86. The summed E-state index contributed by atoms with van der Waals surface area (Å²) < 4.78 is 22.4. The highest BCUT2D eigenvalue weighted by molar-refractivity contribution is 8.16. The Hall–Kier alpha value is -4.25. The maximum Gasteiger partial charge on any atom is 0.338 e. The van der Waals surface area contributed by atoms with Gasteiger partial charge < -0.3 is 28.7 Å². The van der Waals surface area contributed by atoms with Gasteiger partial charge in [0.25, 0.3) is 0 Å². The fourth-order valence-corrected chi connectivity index (χ4v) is 6.67. The first-order chi connectivity index (χ1) is 21.3. The predicted octanol–water partition coefficient (Wildman–Crippen LogP) is 5.21. The molecule has 11 heteroatoms. The van der Waals surface area contributed by atoms with Crippen LogP contribution in [-0.2, 0) is 30.5 Å². The number of amides is 1. The molecule has 2 unspecified atom stereocenters. The number of aliphatic imine (C=N–C) groups is 1. The number of allylic oxidation sites excluding steroid dienone is 1. The molecule has 10 nitrogen and oxygen atoms in total. The summed E-state index contributed by atoms with van der Waals surface area (Å²) in [4.78, 5) is 48.3. The number of hydrogen-bond donors (Lipinski definition) is 0. The molecule has 3 heterocycles. The molecule has 0 radical (unpaired) electrons. The van der Waals surface area contributed by atoms with Crippen LogP contribution in [0.5, 0.6) is 11.5 Å². The fourth-order valence-electron chi connectivity index (χ4n) is 5.70. The van der Waals surface area contributed by atoms with E-state index in [-0.39, 0.29) is 30.8 Å². The van der Waals surface area contributed by atoms with Crippen molar-refractivity contribution in [3.8, 4) is 11.5 Å². The molecule has 1 fully saturated rings. The highest BCUT2D eigenvalue weighted by Gasteiger charge is 2.43. The number of rotatable bonds is 10. The van der Waals surface area contributed by atoms with Crippen LogP contribution in [-0.4, -0.2) is 66.7 Å². The molecule has 5 rings (SSSR count). The molecular formula is C33H37N3O7S. The average Bonchev–Trinajstić information content (AvgIpc) is 3.44. The third-order valence-corrected chi connectivity index (χ3v) is 8.78. The Morgan fingerprint density at radius 2 is 1.84 bits per heavy atom. The lowest BCUT2D eigenvalue weighted by molar-refractivity contribution is -0.151. The zero-order chi connectivity index (χ0) is 31.2. The first-order valence-corrected chi connectivity index (χ1v) is 15.5. The van der Waals surface area contributed by atoms with Gasteiger partial charge in [0, 0.05) is 24.4 Å². The van der Waals surface area contributed by atoms with E-state index in [9.17, 15) is 14.4 Å². The van der Waals surface area contributed by atoms with Crippen molar-refractivity contribution in [2.24, 2.45) is 10.9 Å². The second kappa shape index (κ2) is 14.0. The quantitative estimate of drug-likeness (QED) is 0.331. The molecule has 1 saturated heterocycles. The molecule has 232 valence electrons. The van der Waals surface area contributed by atoms with Crippen molar-refractivity contribution in [3.63, 3.8) is 0 Å². The van der Waals surface area contributed by atoms with E-state index in [0.717, 1.165) is 12.0 Å². The van der Waals surface area contributed by atoms with Gasteiger partial charge in [-0.1, -0.05) is 42.1 Å². The van der Waals surface area contributed by atoms with Crippen LogP contribution in [0.4, 0.5) is 0 Å². The smallest absolute Gasteiger partial charge is 0.338 e. The molecule has 2 aromatic carbocycles. The Labute approximate surface area is 261 Å². The molecule has 1 amide bonds. The molecule has 0 N–H and O–H groups in total. The van der Waals surface area contributed by atoms with Crippen LogP contribution in [0.2, 0.25) is 0 Å². The van der Waals surface area contributed by atoms with Crippen LogP contribution < -0.4 is 9.47 Å². The summed E-state index contributed by atoms with van der Waals surface area (Å²) >= 11 is 1.40. The summed E-state index contributed by atoms with van der Waals surface area (Å²) in [6.07, 6.45) is 1.48. The van der Waals surface area contributed by atoms with Crippen molar-refractivity contribution in [1.29, 1.82) is 0 Å². The molecule has 3 aliphatic rings. The van der Waals surface area contributed by atoms with Gasteiger partial charge in [-0.3, -0.25) is 9.59 Å². The van der Waals surface area contributed by atoms with E-state index in [1.54, 1.807) is 45.1 Å². The third-order valence-electron chi connectivity index (χ3n) is 7.89. The number of esters is 2. The summed E-state index contributed by atoms with van der Waals surface area (Å²) in [6, 6.07) is 14.2. The molecule has 2 atom stereocenters. The first kappa shape index (κ1) is 31.2.